The van der Waals surface area contributed by atoms with E-state index < -0.39 is 0 Å². The monoisotopic (exact) mass is 225 g/mol. The molecule has 2 atom stereocenters. The molecule has 1 heterocycles. The first kappa shape index (κ1) is 13.2. The third kappa shape index (κ3) is 3.94. The SMILES string of the molecule is CCOC(C)CNC(C)c1cnn(CC)c1. The van der Waals surface area contributed by atoms with Crippen LogP contribution < -0.4 is 5.32 Å². The van der Waals surface area contributed by atoms with Gasteiger partial charge in [0.2, 0.25) is 0 Å². The van der Waals surface area contributed by atoms with Gasteiger partial charge in [-0.1, -0.05) is 0 Å². The van der Waals surface area contributed by atoms with Crippen molar-refractivity contribution < 1.29 is 4.74 Å². The highest BCUT2D eigenvalue weighted by atomic mass is 16.5. The summed E-state index contributed by atoms with van der Waals surface area (Å²) >= 11 is 0. The quantitative estimate of drug-likeness (QED) is 0.771. The third-order valence-electron chi connectivity index (χ3n) is 2.64. The fraction of sp³-hybridized carbons (Fsp3) is 0.750. The van der Waals surface area contributed by atoms with E-state index in [0.717, 1.165) is 19.7 Å². The molecule has 0 saturated heterocycles. The molecule has 0 fully saturated rings. The van der Waals surface area contributed by atoms with Gasteiger partial charge in [0.05, 0.1) is 12.3 Å². The molecule has 2 unspecified atom stereocenters. The van der Waals surface area contributed by atoms with E-state index in [4.69, 9.17) is 4.74 Å². The van der Waals surface area contributed by atoms with Crippen LogP contribution in [0.5, 0.6) is 0 Å². The number of hydrogen-bond acceptors (Lipinski definition) is 3. The Morgan fingerprint density at radius 3 is 2.75 bits per heavy atom. The lowest BCUT2D eigenvalue weighted by molar-refractivity contribution is 0.0743. The van der Waals surface area contributed by atoms with Gasteiger partial charge in [0.15, 0.2) is 0 Å². The molecular weight excluding hydrogens is 202 g/mol. The van der Waals surface area contributed by atoms with Crippen LogP contribution in [-0.4, -0.2) is 29.0 Å². The number of nitrogens with zero attached hydrogens (tertiary/aromatic N) is 2. The summed E-state index contributed by atoms with van der Waals surface area (Å²) in [7, 11) is 0. The zero-order chi connectivity index (χ0) is 12.0. The minimum Gasteiger partial charge on any atom is -0.377 e. The van der Waals surface area contributed by atoms with Crippen molar-refractivity contribution in [3.05, 3.63) is 18.0 Å². The maximum absolute atomic E-state index is 5.47. The van der Waals surface area contributed by atoms with E-state index in [0.29, 0.717) is 6.04 Å². The molecule has 92 valence electrons. The van der Waals surface area contributed by atoms with Crippen molar-refractivity contribution in [3.63, 3.8) is 0 Å². The first-order valence-corrected chi connectivity index (χ1v) is 6.04. The van der Waals surface area contributed by atoms with E-state index in [9.17, 15) is 0 Å². The Balaban J connectivity index is 2.37. The van der Waals surface area contributed by atoms with Crippen molar-refractivity contribution in [1.29, 1.82) is 0 Å². The van der Waals surface area contributed by atoms with Gasteiger partial charge in [-0.15, -0.1) is 0 Å². The zero-order valence-corrected chi connectivity index (χ0v) is 10.7. The average Bonchev–Trinajstić information content (AvgIpc) is 2.75. The Bertz CT molecular complexity index is 298. The maximum Gasteiger partial charge on any atom is 0.0671 e. The average molecular weight is 225 g/mol. The fourth-order valence-corrected chi connectivity index (χ4v) is 1.58. The molecule has 0 aliphatic carbocycles. The van der Waals surface area contributed by atoms with E-state index >= 15 is 0 Å². The largest absolute Gasteiger partial charge is 0.377 e. The lowest BCUT2D eigenvalue weighted by Crippen LogP contribution is -2.29. The number of aromatic nitrogens is 2. The molecule has 4 nitrogen and oxygen atoms in total. The maximum atomic E-state index is 5.47. The molecule has 0 radical (unpaired) electrons. The fourth-order valence-electron chi connectivity index (χ4n) is 1.58. The summed E-state index contributed by atoms with van der Waals surface area (Å²) < 4.78 is 7.42. The van der Waals surface area contributed by atoms with Gasteiger partial charge >= 0.3 is 0 Å². The van der Waals surface area contributed by atoms with E-state index in [1.807, 2.05) is 17.8 Å². The molecule has 0 spiro atoms. The van der Waals surface area contributed by atoms with Crippen LogP contribution >= 0.6 is 0 Å². The van der Waals surface area contributed by atoms with Crippen LogP contribution in [0.25, 0.3) is 0 Å². The Labute approximate surface area is 98.0 Å². The summed E-state index contributed by atoms with van der Waals surface area (Å²) in [5.74, 6) is 0. The molecule has 1 aromatic rings. The smallest absolute Gasteiger partial charge is 0.0671 e. The summed E-state index contributed by atoms with van der Waals surface area (Å²) in [6.07, 6.45) is 4.27. The molecule has 0 aliphatic heterocycles. The highest BCUT2D eigenvalue weighted by molar-refractivity contribution is 5.09. The van der Waals surface area contributed by atoms with Gasteiger partial charge in [0.1, 0.15) is 0 Å². The summed E-state index contributed by atoms with van der Waals surface area (Å²) in [6.45, 7) is 10.9. The summed E-state index contributed by atoms with van der Waals surface area (Å²) in [5, 5.41) is 7.71. The standard InChI is InChI=1S/C12H23N3O/c1-5-15-9-12(8-14-15)11(4)13-7-10(3)16-6-2/h8-11,13H,5-7H2,1-4H3. The van der Waals surface area contributed by atoms with Crippen LogP contribution in [0.15, 0.2) is 12.4 Å². The third-order valence-corrected chi connectivity index (χ3v) is 2.64. The first-order chi connectivity index (χ1) is 7.67. The Hall–Kier alpha value is -0.870. The van der Waals surface area contributed by atoms with Gasteiger partial charge < -0.3 is 10.1 Å². The molecule has 4 heteroatoms. The second kappa shape index (κ2) is 6.66. The van der Waals surface area contributed by atoms with Crippen LogP contribution in [0.2, 0.25) is 0 Å². The number of hydrogen-bond donors (Lipinski definition) is 1. The van der Waals surface area contributed by atoms with Crippen LogP contribution in [-0.2, 0) is 11.3 Å². The van der Waals surface area contributed by atoms with E-state index in [1.54, 1.807) is 0 Å². The molecule has 16 heavy (non-hydrogen) atoms. The molecule has 1 rings (SSSR count). The van der Waals surface area contributed by atoms with E-state index in [1.165, 1.54) is 5.56 Å². The van der Waals surface area contributed by atoms with Crippen molar-refractivity contribution in [2.75, 3.05) is 13.2 Å². The lowest BCUT2D eigenvalue weighted by atomic mass is 10.2. The normalized spacial score (nSPS) is 15.0. The van der Waals surface area contributed by atoms with Gasteiger partial charge in [-0.3, -0.25) is 4.68 Å². The summed E-state index contributed by atoms with van der Waals surface area (Å²) in [6, 6.07) is 0.322. The van der Waals surface area contributed by atoms with Crippen LogP contribution in [0.3, 0.4) is 0 Å². The molecule has 1 aromatic heterocycles. The van der Waals surface area contributed by atoms with Gasteiger partial charge in [-0.05, 0) is 27.7 Å². The highest BCUT2D eigenvalue weighted by Crippen LogP contribution is 2.10. The molecule has 0 bridgehead atoms. The van der Waals surface area contributed by atoms with E-state index in [2.05, 4.69) is 37.4 Å². The Kier molecular flexibility index (Phi) is 5.49. The number of nitrogens with one attached hydrogen (secondary N) is 1. The molecule has 1 N–H and O–H groups in total. The molecular formula is C12H23N3O. The van der Waals surface area contributed by atoms with Crippen LogP contribution in [0.4, 0.5) is 0 Å². The molecule has 0 aliphatic rings. The van der Waals surface area contributed by atoms with Gasteiger partial charge in [-0.2, -0.15) is 5.10 Å². The molecule has 0 aromatic carbocycles. The summed E-state index contributed by atoms with van der Waals surface area (Å²) in [5.41, 5.74) is 1.23. The zero-order valence-electron chi connectivity index (χ0n) is 10.7. The Morgan fingerprint density at radius 1 is 1.44 bits per heavy atom. The number of aryl methyl sites for hydroxylation is 1. The van der Waals surface area contributed by atoms with Crippen molar-refractivity contribution in [2.45, 2.75) is 46.4 Å². The highest BCUT2D eigenvalue weighted by Gasteiger charge is 2.09. The Morgan fingerprint density at radius 2 is 2.19 bits per heavy atom. The second-order valence-corrected chi connectivity index (χ2v) is 4.03. The van der Waals surface area contributed by atoms with Gasteiger partial charge in [-0.25, -0.2) is 0 Å². The molecule has 0 amide bonds. The lowest BCUT2D eigenvalue weighted by Gasteiger charge is -2.16. The van der Waals surface area contributed by atoms with Crippen LogP contribution in [0, 0.1) is 0 Å². The first-order valence-electron chi connectivity index (χ1n) is 6.04. The minimum atomic E-state index is 0.258. The van der Waals surface area contributed by atoms with Crippen molar-refractivity contribution >= 4 is 0 Å². The number of ether oxygens (including phenoxy) is 1. The predicted octanol–water partition coefficient (Wildman–Crippen LogP) is 1.98. The van der Waals surface area contributed by atoms with Gasteiger partial charge in [0, 0.05) is 37.5 Å². The van der Waals surface area contributed by atoms with Crippen molar-refractivity contribution in [3.8, 4) is 0 Å². The topological polar surface area (TPSA) is 39.1 Å². The minimum absolute atomic E-state index is 0.258. The van der Waals surface area contributed by atoms with Gasteiger partial charge in [0.25, 0.3) is 0 Å². The second-order valence-electron chi connectivity index (χ2n) is 4.03. The predicted molar refractivity (Wildman–Crippen MR) is 65.4 cm³/mol. The summed E-state index contributed by atoms with van der Waals surface area (Å²) in [4.78, 5) is 0. The van der Waals surface area contributed by atoms with Crippen molar-refractivity contribution in [1.82, 2.24) is 15.1 Å². The van der Waals surface area contributed by atoms with Crippen molar-refractivity contribution in [2.24, 2.45) is 0 Å². The van der Waals surface area contributed by atoms with Crippen LogP contribution in [0.1, 0.15) is 39.3 Å². The number of rotatable bonds is 7. The molecule has 0 saturated carbocycles. The van der Waals surface area contributed by atoms with E-state index in [-0.39, 0.29) is 6.10 Å².